The van der Waals surface area contributed by atoms with Crippen LogP contribution < -0.4 is 0 Å². The number of rotatable bonds is 1. The summed E-state index contributed by atoms with van der Waals surface area (Å²) in [5.74, 6) is -0.700. The maximum atomic E-state index is 11.0. The monoisotopic (exact) mass is 244 g/mol. The number of aliphatic carboxylic acids is 1. The van der Waals surface area contributed by atoms with E-state index in [0.717, 1.165) is 17.7 Å². The van der Waals surface area contributed by atoms with Gasteiger partial charge in [-0.15, -0.1) is 11.8 Å². The lowest BCUT2D eigenvalue weighted by Gasteiger charge is -2.22. The summed E-state index contributed by atoms with van der Waals surface area (Å²) in [6.45, 7) is 0. The molecule has 0 radical (unpaired) electrons. The van der Waals surface area contributed by atoms with E-state index in [2.05, 4.69) is 24.3 Å². The zero-order valence-corrected chi connectivity index (χ0v) is 10.0. The zero-order chi connectivity index (χ0) is 11.8. The van der Waals surface area contributed by atoms with E-state index in [-0.39, 0.29) is 5.25 Å². The van der Waals surface area contributed by atoms with Gasteiger partial charge in [-0.25, -0.2) is 0 Å². The second-order valence-corrected chi connectivity index (χ2v) is 5.49. The Balaban J connectivity index is 2.11. The standard InChI is InChI=1S/C14H12O2S/c15-14(16)13-8-6-11-10-4-2-1-3-9(10)5-7-12(11)17-13/h1-5,7,13H,6,8H2,(H,15,16). The highest BCUT2D eigenvalue weighted by atomic mass is 32.2. The second kappa shape index (κ2) is 4.08. The number of benzene rings is 2. The molecule has 1 aliphatic heterocycles. The summed E-state index contributed by atoms with van der Waals surface area (Å²) in [6.07, 6.45) is 1.58. The summed E-state index contributed by atoms with van der Waals surface area (Å²) in [6, 6.07) is 12.4. The van der Waals surface area contributed by atoms with Gasteiger partial charge in [0.05, 0.1) is 0 Å². The van der Waals surface area contributed by atoms with Crippen molar-refractivity contribution in [1.29, 1.82) is 0 Å². The molecule has 0 saturated carbocycles. The van der Waals surface area contributed by atoms with Crippen LogP contribution in [0.15, 0.2) is 41.3 Å². The molecule has 2 nitrogen and oxygen atoms in total. The Hall–Kier alpha value is -1.48. The molecular formula is C14H12O2S. The first kappa shape index (κ1) is 10.7. The maximum Gasteiger partial charge on any atom is 0.316 e. The Kier molecular flexibility index (Phi) is 2.56. The van der Waals surface area contributed by atoms with Crippen molar-refractivity contribution in [3.63, 3.8) is 0 Å². The normalized spacial score (nSPS) is 18.9. The quantitative estimate of drug-likeness (QED) is 0.836. The van der Waals surface area contributed by atoms with Gasteiger partial charge in [-0.1, -0.05) is 30.3 Å². The SMILES string of the molecule is O=C(O)C1CCc2c(ccc3ccccc23)S1. The zero-order valence-electron chi connectivity index (χ0n) is 9.22. The fourth-order valence-electron chi connectivity index (χ4n) is 2.35. The van der Waals surface area contributed by atoms with Crippen molar-refractivity contribution < 1.29 is 9.90 Å². The lowest BCUT2D eigenvalue weighted by Crippen LogP contribution is -2.20. The molecule has 0 spiro atoms. The molecule has 3 heteroatoms. The Morgan fingerprint density at radius 2 is 2.06 bits per heavy atom. The number of carbonyl (C=O) groups is 1. The first-order valence-corrected chi connectivity index (χ1v) is 6.54. The van der Waals surface area contributed by atoms with E-state index in [1.165, 1.54) is 28.1 Å². The third-order valence-electron chi connectivity index (χ3n) is 3.20. The molecule has 0 bridgehead atoms. The third-order valence-corrected chi connectivity index (χ3v) is 4.56. The van der Waals surface area contributed by atoms with Crippen LogP contribution >= 0.6 is 11.8 Å². The van der Waals surface area contributed by atoms with Gasteiger partial charge in [0.15, 0.2) is 0 Å². The van der Waals surface area contributed by atoms with E-state index in [4.69, 9.17) is 5.11 Å². The number of aryl methyl sites for hydroxylation is 1. The van der Waals surface area contributed by atoms with E-state index >= 15 is 0 Å². The maximum absolute atomic E-state index is 11.0. The van der Waals surface area contributed by atoms with E-state index in [0.29, 0.717) is 0 Å². The van der Waals surface area contributed by atoms with Crippen LogP contribution in [0.5, 0.6) is 0 Å². The Morgan fingerprint density at radius 3 is 2.88 bits per heavy atom. The first-order chi connectivity index (χ1) is 8.25. The number of hydrogen-bond acceptors (Lipinski definition) is 2. The van der Waals surface area contributed by atoms with E-state index < -0.39 is 5.97 Å². The fourth-order valence-corrected chi connectivity index (χ4v) is 3.49. The molecule has 2 aromatic carbocycles. The number of thioether (sulfide) groups is 1. The Labute approximate surface area is 104 Å². The third kappa shape index (κ3) is 1.80. The summed E-state index contributed by atoms with van der Waals surface area (Å²) in [4.78, 5) is 12.1. The number of hydrogen-bond donors (Lipinski definition) is 1. The van der Waals surface area contributed by atoms with E-state index in [9.17, 15) is 4.79 Å². The van der Waals surface area contributed by atoms with Crippen molar-refractivity contribution in [2.45, 2.75) is 23.0 Å². The molecule has 0 amide bonds. The Morgan fingerprint density at radius 1 is 1.24 bits per heavy atom. The highest BCUT2D eigenvalue weighted by Crippen LogP contribution is 2.38. The van der Waals surface area contributed by atoms with Gasteiger partial charge in [-0.05, 0) is 35.2 Å². The van der Waals surface area contributed by atoms with Crippen molar-refractivity contribution >= 4 is 28.5 Å². The van der Waals surface area contributed by atoms with Crippen molar-refractivity contribution in [3.8, 4) is 0 Å². The Bertz CT molecular complexity index is 592. The van der Waals surface area contributed by atoms with E-state index in [1.54, 1.807) is 0 Å². The van der Waals surface area contributed by atoms with Crippen LogP contribution in [0.1, 0.15) is 12.0 Å². The average molecular weight is 244 g/mol. The molecule has 0 aromatic heterocycles. The lowest BCUT2D eigenvalue weighted by atomic mass is 9.99. The van der Waals surface area contributed by atoms with Gasteiger partial charge >= 0.3 is 5.97 Å². The van der Waals surface area contributed by atoms with Crippen molar-refractivity contribution in [2.24, 2.45) is 0 Å². The molecule has 1 unspecified atom stereocenters. The van der Waals surface area contributed by atoms with Crippen LogP contribution in [-0.2, 0) is 11.2 Å². The molecule has 3 rings (SSSR count). The van der Waals surface area contributed by atoms with Crippen LogP contribution in [0.25, 0.3) is 10.8 Å². The molecule has 1 N–H and O–H groups in total. The molecule has 0 fully saturated rings. The van der Waals surface area contributed by atoms with Gasteiger partial charge < -0.3 is 5.11 Å². The number of fused-ring (bicyclic) bond motifs is 3. The molecule has 1 heterocycles. The molecule has 1 atom stereocenters. The van der Waals surface area contributed by atoms with E-state index in [1.807, 2.05) is 12.1 Å². The predicted octanol–water partition coefficient (Wildman–Crippen LogP) is 3.33. The summed E-state index contributed by atoms with van der Waals surface area (Å²) >= 11 is 1.48. The van der Waals surface area contributed by atoms with Crippen LogP contribution in [0.4, 0.5) is 0 Å². The minimum absolute atomic E-state index is 0.288. The van der Waals surface area contributed by atoms with Gasteiger partial charge in [0, 0.05) is 4.90 Å². The summed E-state index contributed by atoms with van der Waals surface area (Å²) < 4.78 is 0. The highest BCUT2D eigenvalue weighted by molar-refractivity contribution is 8.00. The molecule has 2 aromatic rings. The average Bonchev–Trinajstić information content (AvgIpc) is 2.38. The minimum Gasteiger partial charge on any atom is -0.480 e. The number of carboxylic acid groups (broad SMARTS) is 1. The summed E-state index contributed by atoms with van der Waals surface area (Å²) in [5.41, 5.74) is 1.31. The van der Waals surface area contributed by atoms with Crippen LogP contribution in [0, 0.1) is 0 Å². The smallest absolute Gasteiger partial charge is 0.316 e. The van der Waals surface area contributed by atoms with Gasteiger partial charge in [-0.3, -0.25) is 4.79 Å². The second-order valence-electron chi connectivity index (χ2n) is 4.25. The predicted molar refractivity (Wildman–Crippen MR) is 69.5 cm³/mol. The minimum atomic E-state index is -0.700. The van der Waals surface area contributed by atoms with Crippen LogP contribution in [0.3, 0.4) is 0 Å². The topological polar surface area (TPSA) is 37.3 Å². The van der Waals surface area contributed by atoms with Gasteiger partial charge in [-0.2, -0.15) is 0 Å². The van der Waals surface area contributed by atoms with Gasteiger partial charge in [0.25, 0.3) is 0 Å². The lowest BCUT2D eigenvalue weighted by molar-refractivity contribution is -0.136. The van der Waals surface area contributed by atoms with Crippen molar-refractivity contribution in [2.75, 3.05) is 0 Å². The first-order valence-electron chi connectivity index (χ1n) is 5.66. The molecule has 17 heavy (non-hydrogen) atoms. The highest BCUT2D eigenvalue weighted by Gasteiger charge is 2.25. The molecule has 86 valence electrons. The summed E-state index contributed by atoms with van der Waals surface area (Å²) in [7, 11) is 0. The molecular weight excluding hydrogens is 232 g/mol. The van der Waals surface area contributed by atoms with Crippen molar-refractivity contribution in [3.05, 3.63) is 42.0 Å². The van der Waals surface area contributed by atoms with Crippen LogP contribution in [0.2, 0.25) is 0 Å². The van der Waals surface area contributed by atoms with Gasteiger partial charge in [0.1, 0.15) is 5.25 Å². The van der Waals surface area contributed by atoms with Gasteiger partial charge in [0.2, 0.25) is 0 Å². The summed E-state index contributed by atoms with van der Waals surface area (Å²) in [5, 5.41) is 11.3. The number of carboxylic acids is 1. The molecule has 0 aliphatic carbocycles. The van der Waals surface area contributed by atoms with Crippen LogP contribution in [-0.4, -0.2) is 16.3 Å². The largest absolute Gasteiger partial charge is 0.480 e. The molecule has 1 aliphatic rings. The van der Waals surface area contributed by atoms with Crippen molar-refractivity contribution in [1.82, 2.24) is 0 Å². The fraction of sp³-hybridized carbons (Fsp3) is 0.214. The molecule has 0 saturated heterocycles.